The molecule has 36 heavy (non-hydrogen) atoms. The highest BCUT2D eigenvalue weighted by Gasteiger charge is 2.95. The summed E-state index contributed by atoms with van der Waals surface area (Å²) in [5.74, 6) is -12.2. The maximum atomic E-state index is 12.3. The van der Waals surface area contributed by atoms with Gasteiger partial charge in [-0.1, -0.05) is 58.3 Å². The molecule has 4 bridgehead atoms. The van der Waals surface area contributed by atoms with Crippen LogP contribution in [0.5, 0.6) is 0 Å². The van der Waals surface area contributed by atoms with Crippen molar-refractivity contribution in [2.24, 2.45) is 33.0 Å². The highest BCUT2D eigenvalue weighted by Crippen LogP contribution is 2.97. The van der Waals surface area contributed by atoms with Gasteiger partial charge in [-0.15, -0.1) is 0 Å². The Hall–Kier alpha value is -0.770. The minimum Gasteiger partial charge on any atom is -0.461 e. The number of cyclic esters (lactones) is 1. The van der Waals surface area contributed by atoms with E-state index in [0.717, 1.165) is 38.5 Å². The zero-order valence-electron chi connectivity index (χ0n) is 21.6. The van der Waals surface area contributed by atoms with Crippen molar-refractivity contribution in [3.8, 4) is 0 Å². The molecule has 0 aromatic rings. The summed E-state index contributed by atoms with van der Waals surface area (Å²) in [5, 5.41) is 65.4. The second-order valence-corrected chi connectivity index (χ2v) is 14.1. The number of ether oxygens (including phenoxy) is 1. The van der Waals surface area contributed by atoms with Gasteiger partial charge in [-0.3, -0.25) is 0 Å². The second kappa shape index (κ2) is 7.45. The van der Waals surface area contributed by atoms with Gasteiger partial charge in [-0.2, -0.15) is 0 Å². The molecule has 8 heteroatoms. The third kappa shape index (κ3) is 2.69. The maximum absolute atomic E-state index is 12.3. The van der Waals surface area contributed by atoms with Crippen molar-refractivity contribution in [1.29, 1.82) is 0 Å². The molecular formula is C28H44O8. The fourth-order valence-electron chi connectivity index (χ4n) is 11.2. The Bertz CT molecular complexity index is 926. The van der Waals surface area contributed by atoms with Crippen LogP contribution < -0.4 is 0 Å². The lowest BCUT2D eigenvalue weighted by Crippen LogP contribution is -2.78. The van der Waals surface area contributed by atoms with E-state index in [-0.39, 0.29) is 30.3 Å². The van der Waals surface area contributed by atoms with Crippen molar-refractivity contribution < 1.29 is 40.2 Å². The van der Waals surface area contributed by atoms with E-state index in [1.54, 1.807) is 0 Å². The summed E-state index contributed by atoms with van der Waals surface area (Å²) in [4.78, 5) is 12.3. The first-order valence-electron chi connectivity index (χ1n) is 14.3. The monoisotopic (exact) mass is 508 g/mol. The third-order valence-electron chi connectivity index (χ3n) is 12.3. The molecule has 8 saturated carbocycles. The molecule has 0 radical (unpaired) electrons. The minimum absolute atomic E-state index is 0.0733. The average molecular weight is 509 g/mol. The van der Waals surface area contributed by atoms with E-state index in [1.165, 1.54) is 44.9 Å². The van der Waals surface area contributed by atoms with Gasteiger partial charge in [0, 0.05) is 10.8 Å². The quantitative estimate of drug-likeness (QED) is 0.158. The van der Waals surface area contributed by atoms with Crippen LogP contribution in [0.25, 0.3) is 0 Å². The molecule has 1 heterocycles. The van der Waals surface area contributed by atoms with E-state index in [2.05, 4.69) is 6.92 Å². The van der Waals surface area contributed by atoms with Gasteiger partial charge < -0.3 is 35.4 Å². The van der Waals surface area contributed by atoms with Crippen molar-refractivity contribution in [2.75, 3.05) is 6.61 Å². The molecule has 9 rings (SSSR count). The van der Waals surface area contributed by atoms with Crippen LogP contribution in [0.1, 0.15) is 110 Å². The summed E-state index contributed by atoms with van der Waals surface area (Å²) in [6.07, 6.45) is 16.4. The smallest absolute Gasteiger partial charge is 0.372 e. The Kier molecular flexibility index (Phi) is 5.28. The Balaban J connectivity index is 1.25. The number of fused-ring (bicyclic) bond motifs is 1. The molecule has 2 atom stereocenters. The summed E-state index contributed by atoms with van der Waals surface area (Å²) >= 11 is 0. The summed E-state index contributed by atoms with van der Waals surface area (Å²) in [6.45, 7) is 2.16. The van der Waals surface area contributed by atoms with E-state index >= 15 is 0 Å². The van der Waals surface area contributed by atoms with E-state index in [4.69, 9.17) is 4.74 Å². The van der Waals surface area contributed by atoms with Crippen molar-refractivity contribution in [3.63, 3.8) is 0 Å². The molecule has 204 valence electrons. The van der Waals surface area contributed by atoms with Gasteiger partial charge in [0.25, 0.3) is 5.79 Å². The molecule has 8 nitrogen and oxygen atoms in total. The first kappa shape index (κ1) is 25.5. The van der Waals surface area contributed by atoms with Gasteiger partial charge in [-0.05, 0) is 73.5 Å². The molecule has 1 aliphatic heterocycles. The number of hydrogen-bond acceptors (Lipinski definition) is 8. The lowest BCUT2D eigenvalue weighted by atomic mass is 9.44. The van der Waals surface area contributed by atoms with Crippen molar-refractivity contribution in [2.45, 2.75) is 127 Å². The predicted molar refractivity (Wildman–Crippen MR) is 128 cm³/mol. The number of carbonyl (C=O) groups excluding carboxylic acids is 1. The number of carbonyl (C=O) groups is 1. The van der Waals surface area contributed by atoms with Crippen LogP contribution in [0, 0.1) is 33.0 Å². The molecule has 9 fully saturated rings. The van der Waals surface area contributed by atoms with Gasteiger partial charge in [-0.25, -0.2) is 4.79 Å². The summed E-state index contributed by atoms with van der Waals surface area (Å²) < 4.78 is 5.18. The van der Waals surface area contributed by atoms with Crippen LogP contribution in [-0.4, -0.2) is 60.6 Å². The Morgan fingerprint density at radius 1 is 0.722 bits per heavy atom. The predicted octanol–water partition coefficient (Wildman–Crippen LogP) is 2.46. The van der Waals surface area contributed by atoms with Crippen molar-refractivity contribution in [1.82, 2.24) is 0 Å². The molecule has 0 aromatic carbocycles. The minimum atomic E-state index is -3.89. The van der Waals surface area contributed by atoms with Crippen LogP contribution in [0.3, 0.4) is 0 Å². The van der Waals surface area contributed by atoms with E-state index in [9.17, 15) is 35.4 Å². The van der Waals surface area contributed by atoms with Crippen LogP contribution in [0.15, 0.2) is 0 Å². The lowest BCUT2D eigenvalue weighted by Gasteiger charge is -2.63. The molecule has 1 saturated heterocycles. The standard InChI is InChI=1S/C28H44O8/c1-2-3-4-5-6-7-8-9-10-19-11-21-12-23(19,13-21)24(14-21)15-22-16-25(24,17-22)27(32,33)28(34,35)26(30,31)20(29)36-18-22/h19,30-35H,2-18H2,1H3. The second-order valence-electron chi connectivity index (χ2n) is 14.1. The van der Waals surface area contributed by atoms with Crippen LogP contribution in [-0.2, 0) is 9.53 Å². The highest BCUT2D eigenvalue weighted by atomic mass is 16.7. The summed E-state index contributed by atoms with van der Waals surface area (Å²) in [5.41, 5.74) is -2.30. The lowest BCUT2D eigenvalue weighted by molar-refractivity contribution is -0.480. The van der Waals surface area contributed by atoms with Crippen molar-refractivity contribution >= 4 is 5.97 Å². The van der Waals surface area contributed by atoms with Gasteiger partial charge >= 0.3 is 11.8 Å². The number of aliphatic hydroxyl groups is 6. The molecule has 1 spiro atoms. The molecular weight excluding hydrogens is 464 g/mol. The van der Waals surface area contributed by atoms with Gasteiger partial charge in [0.1, 0.15) is 0 Å². The fraction of sp³-hybridized carbons (Fsp3) is 0.964. The van der Waals surface area contributed by atoms with Crippen LogP contribution >= 0.6 is 0 Å². The zero-order valence-corrected chi connectivity index (χ0v) is 21.6. The third-order valence-corrected chi connectivity index (χ3v) is 12.3. The van der Waals surface area contributed by atoms with E-state index in [0.29, 0.717) is 12.3 Å². The first-order chi connectivity index (χ1) is 16.8. The van der Waals surface area contributed by atoms with Gasteiger partial charge in [0.05, 0.1) is 6.61 Å². The largest absolute Gasteiger partial charge is 0.461 e. The van der Waals surface area contributed by atoms with Gasteiger partial charge in [0.2, 0.25) is 5.79 Å². The van der Waals surface area contributed by atoms with Crippen LogP contribution in [0.4, 0.5) is 0 Å². The number of rotatable bonds is 9. The maximum Gasteiger partial charge on any atom is 0.372 e. The fourth-order valence-corrected chi connectivity index (χ4v) is 11.2. The SMILES string of the molecule is CCCCCCCCCCC1CC23CC1(C2)C1(C3)CC23COC(=O)C(O)(O)C(O)(O)C(O)(O)C1(C2)C3. The molecule has 6 N–H and O–H groups in total. The molecule has 0 amide bonds. The highest BCUT2D eigenvalue weighted by molar-refractivity contribution is 5.79. The Morgan fingerprint density at radius 3 is 1.89 bits per heavy atom. The van der Waals surface area contributed by atoms with Crippen molar-refractivity contribution in [3.05, 3.63) is 0 Å². The molecule has 8 aliphatic carbocycles. The van der Waals surface area contributed by atoms with E-state index < -0.39 is 39.6 Å². The summed E-state index contributed by atoms with van der Waals surface area (Å²) in [7, 11) is 0. The Morgan fingerprint density at radius 2 is 1.28 bits per heavy atom. The molecule has 9 aliphatic rings. The Labute approximate surface area is 213 Å². The number of esters is 1. The topological polar surface area (TPSA) is 148 Å². The molecule has 2 unspecified atom stereocenters. The number of unbranched alkanes of at least 4 members (excludes halogenated alkanes) is 7. The average Bonchev–Trinajstić information content (AvgIpc) is 3.53. The summed E-state index contributed by atoms with van der Waals surface area (Å²) in [6, 6.07) is 0. The van der Waals surface area contributed by atoms with Gasteiger partial charge in [0.15, 0.2) is 0 Å². The number of hydrogen-bond donors (Lipinski definition) is 6. The first-order valence-corrected chi connectivity index (χ1v) is 14.3. The molecule has 0 aromatic heterocycles. The zero-order chi connectivity index (χ0) is 25.9. The normalized spacial score (nSPS) is 48.1. The van der Waals surface area contributed by atoms with Crippen LogP contribution in [0.2, 0.25) is 0 Å². The van der Waals surface area contributed by atoms with E-state index in [1.807, 2.05) is 0 Å².